The molecule has 0 saturated carbocycles. The Morgan fingerprint density at radius 3 is 2.08 bits per heavy atom. The van der Waals surface area contributed by atoms with Crippen molar-refractivity contribution in [2.24, 2.45) is 5.41 Å². The van der Waals surface area contributed by atoms with Gasteiger partial charge in [-0.3, -0.25) is 0 Å². The Labute approximate surface area is 83.6 Å². The Hall–Kier alpha value is -0.300. The van der Waals surface area contributed by atoms with E-state index in [1.165, 1.54) is 6.42 Å². The van der Waals surface area contributed by atoms with Crippen molar-refractivity contribution in [2.45, 2.75) is 53.0 Å². The molecule has 1 N–H and O–H groups in total. The number of nitrogens with one attached hydrogen (secondary N) is 1. The van der Waals surface area contributed by atoms with Crippen LogP contribution in [-0.2, 0) is 0 Å². The van der Waals surface area contributed by atoms with Crippen molar-refractivity contribution in [3.8, 4) is 0 Å². The lowest BCUT2D eigenvalue weighted by Crippen LogP contribution is -2.37. The van der Waals surface area contributed by atoms with Gasteiger partial charge in [-0.1, -0.05) is 19.9 Å². The Bertz CT molecular complexity index is 151. The van der Waals surface area contributed by atoms with E-state index in [0.29, 0.717) is 5.41 Å². The molecule has 0 aliphatic heterocycles. The monoisotopic (exact) mass is 183 g/mol. The van der Waals surface area contributed by atoms with Crippen molar-refractivity contribution in [1.82, 2.24) is 5.32 Å². The van der Waals surface area contributed by atoms with Crippen LogP contribution in [0.4, 0.5) is 0 Å². The third-order valence-electron chi connectivity index (χ3n) is 2.15. The molecule has 0 spiro atoms. The van der Waals surface area contributed by atoms with Gasteiger partial charge in [-0.05, 0) is 45.6 Å². The van der Waals surface area contributed by atoms with E-state index in [1.807, 2.05) is 6.08 Å². The van der Waals surface area contributed by atoms with Crippen molar-refractivity contribution < 1.29 is 0 Å². The average Bonchev–Trinajstić information content (AvgIpc) is 1.82. The second-order valence-corrected chi connectivity index (χ2v) is 5.58. The van der Waals surface area contributed by atoms with Crippen molar-refractivity contribution in [1.29, 1.82) is 0 Å². The molecule has 0 unspecified atom stereocenters. The highest BCUT2D eigenvalue weighted by Gasteiger charge is 2.16. The highest BCUT2D eigenvalue weighted by Crippen LogP contribution is 2.24. The molecular weight excluding hydrogens is 158 g/mol. The summed E-state index contributed by atoms with van der Waals surface area (Å²) in [5, 5.41) is 3.50. The first kappa shape index (κ1) is 12.7. The van der Waals surface area contributed by atoms with Gasteiger partial charge in [0.05, 0.1) is 0 Å². The lowest BCUT2D eigenvalue weighted by atomic mass is 9.85. The van der Waals surface area contributed by atoms with Crippen LogP contribution >= 0.6 is 0 Å². The molecule has 0 heterocycles. The molecule has 0 atom stereocenters. The highest BCUT2D eigenvalue weighted by molar-refractivity contribution is 4.81. The van der Waals surface area contributed by atoms with Gasteiger partial charge in [0.25, 0.3) is 0 Å². The topological polar surface area (TPSA) is 12.0 Å². The molecule has 0 fully saturated rings. The zero-order chi connectivity index (χ0) is 10.5. The third kappa shape index (κ3) is 8.04. The van der Waals surface area contributed by atoms with Crippen LogP contribution in [0.3, 0.4) is 0 Å². The molecule has 0 aromatic carbocycles. The molecule has 0 rings (SSSR count). The first-order chi connectivity index (χ1) is 5.77. The molecule has 1 nitrogen and oxygen atoms in total. The van der Waals surface area contributed by atoms with Crippen LogP contribution in [0.5, 0.6) is 0 Å². The molecule has 0 aliphatic carbocycles. The van der Waals surface area contributed by atoms with Crippen molar-refractivity contribution in [2.75, 3.05) is 6.54 Å². The Morgan fingerprint density at radius 1 is 1.15 bits per heavy atom. The van der Waals surface area contributed by atoms with Crippen LogP contribution in [0.15, 0.2) is 12.7 Å². The molecule has 0 aliphatic rings. The fourth-order valence-corrected chi connectivity index (χ4v) is 1.27. The molecular formula is C12H25N. The second kappa shape index (κ2) is 4.80. The van der Waals surface area contributed by atoms with Crippen LogP contribution in [-0.4, -0.2) is 12.1 Å². The van der Waals surface area contributed by atoms with Gasteiger partial charge >= 0.3 is 0 Å². The van der Waals surface area contributed by atoms with Gasteiger partial charge in [0.15, 0.2) is 0 Å². The summed E-state index contributed by atoms with van der Waals surface area (Å²) in [6.07, 6.45) is 4.31. The normalized spacial score (nSPS) is 13.0. The number of allylic oxidation sites excluding steroid dienone is 1. The number of hydrogen-bond donors (Lipinski definition) is 1. The highest BCUT2D eigenvalue weighted by atomic mass is 14.9. The fraction of sp³-hybridized carbons (Fsp3) is 0.833. The minimum absolute atomic E-state index is 0.240. The molecule has 0 amide bonds. The molecule has 1 heteroatoms. The zero-order valence-corrected chi connectivity index (χ0v) is 9.91. The zero-order valence-electron chi connectivity index (χ0n) is 9.91. The smallest absolute Gasteiger partial charge is 0.00965 e. The predicted molar refractivity (Wildman–Crippen MR) is 61.0 cm³/mol. The SMILES string of the molecule is C=CCC(C)(C)CCNC(C)(C)C. The van der Waals surface area contributed by atoms with E-state index in [-0.39, 0.29) is 5.54 Å². The van der Waals surface area contributed by atoms with E-state index in [1.54, 1.807) is 0 Å². The van der Waals surface area contributed by atoms with Gasteiger partial charge in [0, 0.05) is 5.54 Å². The van der Waals surface area contributed by atoms with Crippen LogP contribution < -0.4 is 5.32 Å². The summed E-state index contributed by atoms with van der Waals surface area (Å²) in [4.78, 5) is 0. The van der Waals surface area contributed by atoms with Gasteiger partial charge in [-0.15, -0.1) is 6.58 Å². The molecule has 0 radical (unpaired) electrons. The van der Waals surface area contributed by atoms with Crippen LogP contribution in [0.2, 0.25) is 0 Å². The van der Waals surface area contributed by atoms with Gasteiger partial charge < -0.3 is 5.32 Å². The van der Waals surface area contributed by atoms with Crippen LogP contribution in [0, 0.1) is 5.41 Å². The summed E-state index contributed by atoms with van der Waals surface area (Å²) >= 11 is 0. The molecule has 0 saturated heterocycles. The van der Waals surface area contributed by atoms with Gasteiger partial charge in [-0.25, -0.2) is 0 Å². The van der Waals surface area contributed by atoms with E-state index in [4.69, 9.17) is 0 Å². The molecule has 78 valence electrons. The summed E-state index contributed by atoms with van der Waals surface area (Å²) < 4.78 is 0. The molecule has 0 aromatic rings. The van der Waals surface area contributed by atoms with Crippen molar-refractivity contribution >= 4 is 0 Å². The average molecular weight is 183 g/mol. The van der Waals surface area contributed by atoms with Crippen LogP contribution in [0.25, 0.3) is 0 Å². The van der Waals surface area contributed by atoms with E-state index in [9.17, 15) is 0 Å². The van der Waals surface area contributed by atoms with E-state index >= 15 is 0 Å². The first-order valence-corrected chi connectivity index (χ1v) is 5.13. The first-order valence-electron chi connectivity index (χ1n) is 5.13. The summed E-state index contributed by atoms with van der Waals surface area (Å²) in [6, 6.07) is 0. The minimum Gasteiger partial charge on any atom is -0.312 e. The summed E-state index contributed by atoms with van der Waals surface area (Å²) in [6.45, 7) is 16.1. The summed E-state index contributed by atoms with van der Waals surface area (Å²) in [5.41, 5.74) is 0.629. The maximum atomic E-state index is 3.78. The minimum atomic E-state index is 0.240. The molecule has 0 aromatic heterocycles. The fourth-order valence-electron chi connectivity index (χ4n) is 1.27. The maximum Gasteiger partial charge on any atom is 0.00965 e. The Kier molecular flexibility index (Phi) is 4.69. The summed E-state index contributed by atoms with van der Waals surface area (Å²) in [5.74, 6) is 0. The lowest BCUT2D eigenvalue weighted by Gasteiger charge is -2.26. The third-order valence-corrected chi connectivity index (χ3v) is 2.15. The Balaban J connectivity index is 3.69. The Morgan fingerprint density at radius 2 is 1.69 bits per heavy atom. The number of hydrogen-bond acceptors (Lipinski definition) is 1. The van der Waals surface area contributed by atoms with Crippen molar-refractivity contribution in [3.05, 3.63) is 12.7 Å². The largest absolute Gasteiger partial charge is 0.312 e. The van der Waals surface area contributed by atoms with Gasteiger partial charge in [-0.2, -0.15) is 0 Å². The van der Waals surface area contributed by atoms with E-state index < -0.39 is 0 Å². The summed E-state index contributed by atoms with van der Waals surface area (Å²) in [7, 11) is 0. The number of rotatable bonds is 5. The second-order valence-electron chi connectivity index (χ2n) is 5.58. The van der Waals surface area contributed by atoms with Crippen molar-refractivity contribution in [3.63, 3.8) is 0 Å². The lowest BCUT2D eigenvalue weighted by molar-refractivity contribution is 0.307. The van der Waals surface area contributed by atoms with Gasteiger partial charge in [0.1, 0.15) is 0 Å². The molecule has 13 heavy (non-hydrogen) atoms. The standard InChI is InChI=1S/C12H25N/c1-7-8-12(5,6)9-10-13-11(2,3)4/h7,13H,1,8-10H2,2-6H3. The predicted octanol–water partition coefficient (Wildman–Crippen LogP) is 3.37. The van der Waals surface area contributed by atoms with Crippen LogP contribution in [0.1, 0.15) is 47.5 Å². The maximum absolute atomic E-state index is 3.78. The molecule has 0 bridgehead atoms. The van der Waals surface area contributed by atoms with E-state index in [2.05, 4.69) is 46.5 Å². The van der Waals surface area contributed by atoms with Gasteiger partial charge in [0.2, 0.25) is 0 Å². The quantitative estimate of drug-likeness (QED) is 0.644. The van der Waals surface area contributed by atoms with E-state index in [0.717, 1.165) is 13.0 Å².